The molecule has 3 N–H and O–H groups in total. The van der Waals surface area contributed by atoms with Crippen molar-refractivity contribution in [2.45, 2.75) is 10.8 Å². The van der Waals surface area contributed by atoms with E-state index in [1.54, 1.807) is 0 Å². The molecular weight excluding hydrogens is 276 g/mol. The van der Waals surface area contributed by atoms with Crippen molar-refractivity contribution in [2.24, 2.45) is 5.10 Å². The predicted molar refractivity (Wildman–Crippen MR) is 62.6 cm³/mol. The van der Waals surface area contributed by atoms with Crippen LogP contribution in [0.25, 0.3) is 0 Å². The van der Waals surface area contributed by atoms with Crippen molar-refractivity contribution in [2.75, 3.05) is 0 Å². The number of rotatable bonds is 3. The van der Waals surface area contributed by atoms with Crippen LogP contribution >= 0.6 is 0 Å². The monoisotopic (exact) mass is 284 g/mol. The van der Waals surface area contributed by atoms with Gasteiger partial charge >= 0.3 is 5.97 Å². The maximum absolute atomic E-state index is 11.4. The van der Waals surface area contributed by atoms with Crippen LogP contribution in [0.3, 0.4) is 0 Å². The van der Waals surface area contributed by atoms with Crippen molar-refractivity contribution in [3.8, 4) is 0 Å². The molecule has 1 heterocycles. The molecular formula is C10H8N2O6S. The molecule has 0 saturated heterocycles. The van der Waals surface area contributed by atoms with Gasteiger partial charge in [-0.2, -0.15) is 13.5 Å². The van der Waals surface area contributed by atoms with Gasteiger partial charge in [0.05, 0.1) is 10.5 Å². The summed E-state index contributed by atoms with van der Waals surface area (Å²) < 4.78 is 30.8. The normalized spacial score (nSPS) is 18.4. The molecule has 19 heavy (non-hydrogen) atoms. The van der Waals surface area contributed by atoms with E-state index in [0.29, 0.717) is 0 Å². The van der Waals surface area contributed by atoms with Crippen LogP contribution < -0.4 is 5.43 Å². The first kappa shape index (κ1) is 13.2. The molecule has 9 heteroatoms. The molecule has 0 bridgehead atoms. The molecule has 2 rings (SSSR count). The highest BCUT2D eigenvalue weighted by Crippen LogP contribution is 2.24. The second kappa shape index (κ2) is 4.44. The topological polar surface area (TPSA) is 133 Å². The lowest BCUT2D eigenvalue weighted by atomic mass is 9.95. The van der Waals surface area contributed by atoms with Gasteiger partial charge in [-0.05, 0) is 17.7 Å². The number of benzene rings is 1. The molecule has 0 fully saturated rings. The summed E-state index contributed by atoms with van der Waals surface area (Å²) >= 11 is 0. The van der Waals surface area contributed by atoms with Crippen molar-refractivity contribution in [3.63, 3.8) is 0 Å². The fraction of sp³-hybridized carbons (Fsp3) is 0.100. The first-order valence-corrected chi connectivity index (χ1v) is 6.42. The number of amides is 1. The molecule has 1 unspecified atom stereocenters. The summed E-state index contributed by atoms with van der Waals surface area (Å²) in [6, 6.07) is 2.98. The van der Waals surface area contributed by atoms with E-state index < -0.39 is 32.8 Å². The van der Waals surface area contributed by atoms with E-state index in [0.717, 1.165) is 18.2 Å². The zero-order chi connectivity index (χ0) is 14.2. The molecule has 1 amide bonds. The van der Waals surface area contributed by atoms with Crippen molar-refractivity contribution in [3.05, 3.63) is 29.3 Å². The Morgan fingerprint density at radius 3 is 2.53 bits per heavy atom. The fourth-order valence-corrected chi connectivity index (χ4v) is 2.19. The molecule has 8 nitrogen and oxygen atoms in total. The summed E-state index contributed by atoms with van der Waals surface area (Å²) in [5, 5.41) is 12.6. The number of carbonyl (C=O) groups is 2. The molecule has 0 aromatic heterocycles. The van der Waals surface area contributed by atoms with E-state index in [1.807, 2.05) is 0 Å². The third-order valence-electron chi connectivity index (χ3n) is 2.57. The molecule has 1 atom stereocenters. The number of aromatic carboxylic acids is 1. The van der Waals surface area contributed by atoms with Gasteiger partial charge in [0.2, 0.25) is 0 Å². The van der Waals surface area contributed by atoms with Gasteiger partial charge in [0.1, 0.15) is 5.92 Å². The Morgan fingerprint density at radius 1 is 1.37 bits per heavy atom. The summed E-state index contributed by atoms with van der Waals surface area (Å²) in [6.07, 6.45) is 1.22. The summed E-state index contributed by atoms with van der Waals surface area (Å²) in [5.41, 5.74) is 1.86. The number of carboxylic acids is 1. The minimum atomic E-state index is -4.51. The number of nitrogens with one attached hydrogen (secondary N) is 1. The number of nitrogens with zero attached hydrogens (tertiary/aromatic N) is 1. The lowest BCUT2D eigenvalue weighted by Gasteiger charge is -2.10. The standard InChI is InChI=1S/C10H8N2O6S/c13-9-8(4-11-12-9)6-2-1-5(19(16,17)18)3-7(6)10(14)15/h1-4,8H,(H,12,13)(H,14,15)(H,16,17,18). The van der Waals surface area contributed by atoms with Crippen LogP contribution in [-0.4, -0.2) is 36.2 Å². The first-order chi connectivity index (χ1) is 8.80. The van der Waals surface area contributed by atoms with Gasteiger partial charge in [-0.25, -0.2) is 10.2 Å². The SMILES string of the molecule is O=C(O)c1cc(S(=O)(=O)O)ccc1C1C=NNC1=O. The quantitative estimate of drug-likeness (QED) is 0.660. The van der Waals surface area contributed by atoms with Crippen LogP contribution in [0, 0.1) is 0 Å². The molecule has 0 aliphatic carbocycles. The van der Waals surface area contributed by atoms with E-state index in [1.165, 1.54) is 6.21 Å². The van der Waals surface area contributed by atoms with Crippen LogP contribution in [0.15, 0.2) is 28.2 Å². The van der Waals surface area contributed by atoms with Crippen LogP contribution in [-0.2, 0) is 14.9 Å². The summed E-state index contributed by atoms with van der Waals surface area (Å²) in [4.78, 5) is 22.0. The highest BCUT2D eigenvalue weighted by Gasteiger charge is 2.28. The Morgan fingerprint density at radius 2 is 2.05 bits per heavy atom. The Hall–Kier alpha value is -2.26. The third-order valence-corrected chi connectivity index (χ3v) is 3.42. The van der Waals surface area contributed by atoms with Gasteiger partial charge in [-0.15, -0.1) is 0 Å². The zero-order valence-corrected chi connectivity index (χ0v) is 10.1. The van der Waals surface area contributed by atoms with Crippen LogP contribution in [0.1, 0.15) is 21.8 Å². The van der Waals surface area contributed by atoms with Crippen molar-refractivity contribution < 1.29 is 27.7 Å². The van der Waals surface area contributed by atoms with E-state index in [2.05, 4.69) is 10.5 Å². The third kappa shape index (κ3) is 2.46. The van der Waals surface area contributed by atoms with Gasteiger partial charge < -0.3 is 5.11 Å². The predicted octanol–water partition coefficient (Wildman–Crippen LogP) is -0.169. The van der Waals surface area contributed by atoms with Gasteiger partial charge in [0, 0.05) is 6.21 Å². The van der Waals surface area contributed by atoms with E-state index in [-0.39, 0.29) is 11.1 Å². The number of hydrogen-bond donors (Lipinski definition) is 3. The van der Waals surface area contributed by atoms with E-state index in [9.17, 15) is 18.0 Å². The molecule has 1 aliphatic rings. The lowest BCUT2D eigenvalue weighted by Crippen LogP contribution is -2.20. The van der Waals surface area contributed by atoms with Crippen LogP contribution in [0.2, 0.25) is 0 Å². The van der Waals surface area contributed by atoms with Crippen molar-refractivity contribution in [1.29, 1.82) is 0 Å². The molecule has 1 aromatic rings. The minimum Gasteiger partial charge on any atom is -0.478 e. The van der Waals surface area contributed by atoms with E-state index in [4.69, 9.17) is 9.66 Å². The second-order valence-corrected chi connectivity index (χ2v) is 5.18. The summed E-state index contributed by atoms with van der Waals surface area (Å²) in [7, 11) is -4.51. The second-order valence-electron chi connectivity index (χ2n) is 3.76. The van der Waals surface area contributed by atoms with Gasteiger partial charge in [-0.1, -0.05) is 6.07 Å². The molecule has 1 aliphatic heterocycles. The average molecular weight is 284 g/mol. The molecule has 0 spiro atoms. The Labute approximate surface area is 107 Å². The van der Waals surface area contributed by atoms with Gasteiger partial charge in [0.15, 0.2) is 0 Å². The number of hydrazone groups is 1. The molecule has 0 radical (unpaired) electrons. The zero-order valence-electron chi connectivity index (χ0n) is 9.27. The summed E-state index contributed by atoms with van der Waals surface area (Å²) in [5.74, 6) is -2.82. The maximum atomic E-state index is 11.4. The number of carboxylic acid groups (broad SMARTS) is 1. The lowest BCUT2D eigenvalue weighted by molar-refractivity contribution is -0.120. The highest BCUT2D eigenvalue weighted by atomic mass is 32.2. The van der Waals surface area contributed by atoms with E-state index >= 15 is 0 Å². The minimum absolute atomic E-state index is 0.0960. The molecule has 100 valence electrons. The smallest absolute Gasteiger partial charge is 0.336 e. The molecule has 1 aromatic carbocycles. The highest BCUT2D eigenvalue weighted by molar-refractivity contribution is 7.85. The Balaban J connectivity index is 2.60. The molecule has 0 saturated carbocycles. The van der Waals surface area contributed by atoms with Crippen molar-refractivity contribution in [1.82, 2.24) is 5.43 Å². The van der Waals surface area contributed by atoms with Gasteiger partial charge in [0.25, 0.3) is 16.0 Å². The largest absolute Gasteiger partial charge is 0.478 e. The fourth-order valence-electron chi connectivity index (χ4n) is 1.69. The Bertz CT molecular complexity index is 694. The van der Waals surface area contributed by atoms with Crippen LogP contribution in [0.4, 0.5) is 0 Å². The summed E-state index contributed by atoms with van der Waals surface area (Å²) in [6.45, 7) is 0. The van der Waals surface area contributed by atoms with Crippen molar-refractivity contribution >= 4 is 28.2 Å². The van der Waals surface area contributed by atoms with Gasteiger partial charge in [-0.3, -0.25) is 9.35 Å². The number of hydrogen-bond acceptors (Lipinski definition) is 5. The van der Waals surface area contributed by atoms with Crippen LogP contribution in [0.5, 0.6) is 0 Å². The number of carbonyl (C=O) groups excluding carboxylic acids is 1. The first-order valence-electron chi connectivity index (χ1n) is 4.98. The average Bonchev–Trinajstić information content (AvgIpc) is 2.73. The maximum Gasteiger partial charge on any atom is 0.336 e. The Kier molecular flexibility index (Phi) is 3.08.